The minimum Gasteiger partial charge on any atom is -0.480 e. The van der Waals surface area contributed by atoms with E-state index in [2.05, 4.69) is 4.90 Å². The number of benzene rings is 1. The van der Waals surface area contributed by atoms with E-state index in [0.717, 1.165) is 38.0 Å². The van der Waals surface area contributed by atoms with Crippen LogP contribution >= 0.6 is 12.4 Å². The summed E-state index contributed by atoms with van der Waals surface area (Å²) in [5.74, 6) is -0.978. The lowest BCUT2D eigenvalue weighted by molar-refractivity contribution is -0.138. The lowest BCUT2D eigenvalue weighted by Crippen LogP contribution is -2.44. The normalized spacial score (nSPS) is 16.7. The molecular weight excluding hydrogens is 295 g/mol. The third kappa shape index (κ3) is 5.61. The van der Waals surface area contributed by atoms with Crippen molar-refractivity contribution in [3.05, 3.63) is 35.6 Å². The van der Waals surface area contributed by atoms with Gasteiger partial charge in [0.05, 0.1) is 6.54 Å². The Bertz CT molecular complexity index is 465. The fraction of sp³-hybridized carbons (Fsp3) is 0.533. The fourth-order valence-electron chi connectivity index (χ4n) is 2.75. The molecule has 0 aliphatic carbocycles. The topological polar surface area (TPSA) is 43.8 Å². The van der Waals surface area contributed by atoms with Gasteiger partial charge >= 0.3 is 5.97 Å². The number of hydrogen-bond donors (Lipinski definition) is 1. The lowest BCUT2D eigenvalue weighted by Gasteiger charge is -2.36. The summed E-state index contributed by atoms with van der Waals surface area (Å²) in [5, 5.41) is 8.80. The highest BCUT2D eigenvalue weighted by molar-refractivity contribution is 5.85. The Morgan fingerprint density at radius 3 is 2.67 bits per heavy atom. The van der Waals surface area contributed by atoms with Crippen molar-refractivity contribution in [3.8, 4) is 0 Å². The molecule has 1 aromatic rings. The van der Waals surface area contributed by atoms with Crippen LogP contribution in [0.4, 0.5) is 4.39 Å². The van der Waals surface area contributed by atoms with Crippen LogP contribution in [0.3, 0.4) is 0 Å². The predicted octanol–water partition coefficient (Wildman–Crippen LogP) is 2.23. The zero-order valence-electron chi connectivity index (χ0n) is 12.2. The van der Waals surface area contributed by atoms with E-state index in [9.17, 15) is 9.18 Å². The van der Waals surface area contributed by atoms with Gasteiger partial charge in [0.1, 0.15) is 5.82 Å². The van der Waals surface area contributed by atoms with Crippen molar-refractivity contribution in [3.63, 3.8) is 0 Å². The number of piperidine rings is 1. The summed E-state index contributed by atoms with van der Waals surface area (Å²) in [6.45, 7) is 2.69. The number of likely N-dealkylation sites (tertiary alicyclic amines) is 1. The van der Waals surface area contributed by atoms with Gasteiger partial charge in [0.15, 0.2) is 0 Å². The van der Waals surface area contributed by atoms with Gasteiger partial charge in [-0.15, -0.1) is 12.4 Å². The van der Waals surface area contributed by atoms with Crippen molar-refractivity contribution >= 4 is 18.4 Å². The van der Waals surface area contributed by atoms with E-state index in [1.54, 1.807) is 12.1 Å². The molecule has 0 saturated carbocycles. The summed E-state index contributed by atoms with van der Waals surface area (Å²) < 4.78 is 13.1. The van der Waals surface area contributed by atoms with Crippen LogP contribution < -0.4 is 0 Å². The number of aliphatic carboxylic acids is 1. The van der Waals surface area contributed by atoms with Crippen LogP contribution in [0.1, 0.15) is 18.4 Å². The standard InChI is InChI=1S/C15H21FN2O2.ClH/c1-17(11-15(19)20)14-5-7-18(8-6-14)10-12-3-2-4-13(16)9-12;/h2-4,9,14H,5-8,10-11H2,1H3,(H,19,20);1H. The highest BCUT2D eigenvalue weighted by Gasteiger charge is 2.23. The molecule has 1 heterocycles. The Balaban J connectivity index is 0.00000220. The lowest BCUT2D eigenvalue weighted by atomic mass is 10.0. The largest absolute Gasteiger partial charge is 0.480 e. The van der Waals surface area contributed by atoms with Crippen LogP contribution in [0.2, 0.25) is 0 Å². The molecule has 0 bridgehead atoms. The van der Waals surface area contributed by atoms with E-state index in [0.29, 0.717) is 6.04 Å². The monoisotopic (exact) mass is 316 g/mol. The average Bonchev–Trinajstić information content (AvgIpc) is 2.38. The van der Waals surface area contributed by atoms with Crippen LogP contribution in [0.5, 0.6) is 0 Å². The second kappa shape index (κ2) is 8.32. The Hall–Kier alpha value is -1.17. The molecule has 21 heavy (non-hydrogen) atoms. The number of nitrogens with zero attached hydrogens (tertiary/aromatic N) is 2. The van der Waals surface area contributed by atoms with Crippen LogP contribution in [0.15, 0.2) is 24.3 Å². The number of carboxylic acid groups (broad SMARTS) is 1. The number of carbonyl (C=O) groups is 1. The highest BCUT2D eigenvalue weighted by atomic mass is 35.5. The maximum absolute atomic E-state index is 13.1. The van der Waals surface area contributed by atoms with Gasteiger partial charge in [0.25, 0.3) is 0 Å². The molecule has 0 atom stereocenters. The first kappa shape index (κ1) is 17.9. The van der Waals surface area contributed by atoms with Crippen molar-refractivity contribution < 1.29 is 14.3 Å². The third-order valence-electron chi connectivity index (χ3n) is 3.86. The maximum Gasteiger partial charge on any atom is 0.317 e. The van der Waals surface area contributed by atoms with Gasteiger partial charge < -0.3 is 5.11 Å². The van der Waals surface area contributed by atoms with Crippen molar-refractivity contribution in [1.29, 1.82) is 0 Å². The Morgan fingerprint density at radius 1 is 1.43 bits per heavy atom. The average molecular weight is 317 g/mol. The Morgan fingerprint density at radius 2 is 2.10 bits per heavy atom. The zero-order valence-corrected chi connectivity index (χ0v) is 13.0. The first-order valence-corrected chi connectivity index (χ1v) is 6.93. The van der Waals surface area contributed by atoms with E-state index in [1.165, 1.54) is 6.07 Å². The minimum atomic E-state index is -0.783. The molecule has 1 fully saturated rings. The van der Waals surface area contributed by atoms with Gasteiger partial charge in [0, 0.05) is 12.6 Å². The van der Waals surface area contributed by atoms with Crippen molar-refractivity contribution in [2.45, 2.75) is 25.4 Å². The Labute approximate surface area is 131 Å². The second-order valence-electron chi connectivity index (χ2n) is 5.45. The molecule has 1 N–H and O–H groups in total. The first-order chi connectivity index (χ1) is 9.54. The summed E-state index contributed by atoms with van der Waals surface area (Å²) in [6.07, 6.45) is 1.91. The minimum absolute atomic E-state index is 0. The molecule has 4 nitrogen and oxygen atoms in total. The van der Waals surface area contributed by atoms with E-state index in [1.807, 2.05) is 18.0 Å². The number of carboxylic acids is 1. The molecular formula is C15H22ClFN2O2. The van der Waals surface area contributed by atoms with Gasteiger partial charge in [-0.2, -0.15) is 0 Å². The van der Waals surface area contributed by atoms with E-state index < -0.39 is 5.97 Å². The van der Waals surface area contributed by atoms with Gasteiger partial charge in [-0.1, -0.05) is 12.1 Å². The molecule has 118 valence electrons. The molecule has 2 rings (SSSR count). The molecule has 0 amide bonds. The molecule has 1 aliphatic heterocycles. The molecule has 6 heteroatoms. The maximum atomic E-state index is 13.1. The summed E-state index contributed by atoms with van der Waals surface area (Å²) in [6, 6.07) is 7.03. The van der Waals surface area contributed by atoms with Gasteiger partial charge in [-0.25, -0.2) is 4.39 Å². The molecule has 0 unspecified atom stereocenters. The van der Waals surface area contributed by atoms with Crippen LogP contribution in [-0.2, 0) is 11.3 Å². The quantitative estimate of drug-likeness (QED) is 0.904. The first-order valence-electron chi connectivity index (χ1n) is 6.93. The second-order valence-corrected chi connectivity index (χ2v) is 5.45. The SMILES string of the molecule is CN(CC(=O)O)C1CCN(Cc2cccc(F)c2)CC1.Cl. The van der Waals surface area contributed by atoms with Gasteiger partial charge in [0.2, 0.25) is 0 Å². The van der Waals surface area contributed by atoms with E-state index in [-0.39, 0.29) is 24.8 Å². The number of likely N-dealkylation sites (N-methyl/N-ethyl adjacent to an activating group) is 1. The molecule has 0 spiro atoms. The van der Waals surface area contributed by atoms with Crippen molar-refractivity contribution in [1.82, 2.24) is 9.80 Å². The van der Waals surface area contributed by atoms with Crippen molar-refractivity contribution in [2.24, 2.45) is 0 Å². The zero-order chi connectivity index (χ0) is 14.5. The summed E-state index contributed by atoms with van der Waals surface area (Å²) in [5.41, 5.74) is 0.988. The third-order valence-corrected chi connectivity index (χ3v) is 3.86. The smallest absolute Gasteiger partial charge is 0.317 e. The van der Waals surface area contributed by atoms with E-state index in [4.69, 9.17) is 5.11 Å². The fourth-order valence-corrected chi connectivity index (χ4v) is 2.75. The summed E-state index contributed by atoms with van der Waals surface area (Å²) in [4.78, 5) is 14.9. The summed E-state index contributed by atoms with van der Waals surface area (Å²) >= 11 is 0. The predicted molar refractivity (Wildman–Crippen MR) is 82.2 cm³/mol. The van der Waals surface area contributed by atoms with Crippen molar-refractivity contribution in [2.75, 3.05) is 26.7 Å². The molecule has 0 aromatic heterocycles. The van der Waals surface area contributed by atoms with Gasteiger partial charge in [-0.3, -0.25) is 14.6 Å². The highest BCUT2D eigenvalue weighted by Crippen LogP contribution is 2.17. The van der Waals surface area contributed by atoms with Gasteiger partial charge in [-0.05, 0) is 50.7 Å². The van der Waals surface area contributed by atoms with Crippen LogP contribution in [0, 0.1) is 5.82 Å². The Kier molecular flexibility index (Phi) is 7.08. The number of halogens is 2. The molecule has 1 saturated heterocycles. The molecule has 1 aliphatic rings. The van der Waals surface area contributed by atoms with Crippen LogP contribution in [-0.4, -0.2) is 53.6 Å². The van der Waals surface area contributed by atoms with Crippen LogP contribution in [0.25, 0.3) is 0 Å². The number of hydrogen-bond acceptors (Lipinski definition) is 3. The van der Waals surface area contributed by atoms with E-state index >= 15 is 0 Å². The number of rotatable bonds is 5. The molecule has 1 aromatic carbocycles. The summed E-state index contributed by atoms with van der Waals surface area (Å²) in [7, 11) is 1.86. The molecule has 0 radical (unpaired) electrons.